The van der Waals surface area contributed by atoms with Gasteiger partial charge in [-0.3, -0.25) is 4.79 Å². The number of ether oxygens (including phenoxy) is 2. The quantitative estimate of drug-likeness (QED) is 0.767. The minimum absolute atomic E-state index is 0.0166. The number of alkyl halides is 1. The minimum atomic E-state index is -0.221. The molecule has 6 heteroatoms. The number of aromatic hydroxyl groups is 1. The van der Waals surface area contributed by atoms with E-state index in [2.05, 4.69) is 5.32 Å². The first kappa shape index (κ1) is 14.4. The van der Waals surface area contributed by atoms with Crippen LogP contribution < -0.4 is 14.8 Å². The molecule has 0 radical (unpaired) electrons. The predicted molar refractivity (Wildman–Crippen MR) is 68.6 cm³/mol. The van der Waals surface area contributed by atoms with Crippen molar-refractivity contribution in [2.24, 2.45) is 0 Å². The molecule has 0 aliphatic rings. The molecule has 1 aromatic carbocycles. The van der Waals surface area contributed by atoms with Gasteiger partial charge in [0.05, 0.1) is 14.2 Å². The van der Waals surface area contributed by atoms with Gasteiger partial charge in [-0.1, -0.05) is 0 Å². The maximum atomic E-state index is 11.0. The van der Waals surface area contributed by atoms with Crippen LogP contribution in [0.4, 0.5) is 0 Å². The van der Waals surface area contributed by atoms with Crippen molar-refractivity contribution in [1.82, 2.24) is 5.32 Å². The molecule has 18 heavy (non-hydrogen) atoms. The van der Waals surface area contributed by atoms with Crippen LogP contribution in [0.5, 0.6) is 17.2 Å². The Balaban J connectivity index is 2.76. The highest BCUT2D eigenvalue weighted by Gasteiger charge is 2.10. The van der Waals surface area contributed by atoms with Gasteiger partial charge in [-0.2, -0.15) is 0 Å². The second-order valence-electron chi connectivity index (χ2n) is 3.57. The molecule has 0 atom stereocenters. The molecule has 0 spiro atoms. The van der Waals surface area contributed by atoms with Gasteiger partial charge in [-0.25, -0.2) is 0 Å². The summed E-state index contributed by atoms with van der Waals surface area (Å²) in [6, 6.07) is 3.17. The summed E-state index contributed by atoms with van der Waals surface area (Å²) in [5.41, 5.74) is 0.835. The first-order valence-electron chi connectivity index (χ1n) is 5.39. The van der Waals surface area contributed by atoms with E-state index in [1.54, 1.807) is 6.07 Å². The SMILES string of the molecule is COc1cc(CCNC(=O)CCl)c(OC)cc1O. The molecule has 100 valence electrons. The minimum Gasteiger partial charge on any atom is -0.504 e. The van der Waals surface area contributed by atoms with Gasteiger partial charge in [0.15, 0.2) is 11.5 Å². The van der Waals surface area contributed by atoms with Crippen LogP contribution in [0, 0.1) is 0 Å². The van der Waals surface area contributed by atoms with E-state index in [1.165, 1.54) is 20.3 Å². The van der Waals surface area contributed by atoms with E-state index in [4.69, 9.17) is 21.1 Å². The Hall–Kier alpha value is -1.62. The van der Waals surface area contributed by atoms with Crippen LogP contribution in [0.15, 0.2) is 12.1 Å². The molecule has 1 aromatic rings. The lowest BCUT2D eigenvalue weighted by atomic mass is 10.1. The number of rotatable bonds is 6. The molecule has 0 aromatic heterocycles. The van der Waals surface area contributed by atoms with Gasteiger partial charge in [0.1, 0.15) is 11.6 Å². The van der Waals surface area contributed by atoms with E-state index >= 15 is 0 Å². The highest BCUT2D eigenvalue weighted by Crippen LogP contribution is 2.33. The topological polar surface area (TPSA) is 67.8 Å². The molecule has 0 unspecified atom stereocenters. The number of hydrogen-bond donors (Lipinski definition) is 2. The fourth-order valence-electron chi connectivity index (χ4n) is 1.52. The normalized spacial score (nSPS) is 9.94. The molecule has 0 saturated carbocycles. The van der Waals surface area contributed by atoms with Crippen molar-refractivity contribution in [2.45, 2.75) is 6.42 Å². The lowest BCUT2D eigenvalue weighted by Crippen LogP contribution is -2.26. The molecule has 0 fully saturated rings. The third-order valence-electron chi connectivity index (χ3n) is 2.42. The van der Waals surface area contributed by atoms with Gasteiger partial charge in [0.2, 0.25) is 5.91 Å². The number of phenols is 1. The van der Waals surface area contributed by atoms with Crippen LogP contribution in [0.25, 0.3) is 0 Å². The zero-order chi connectivity index (χ0) is 13.5. The van der Waals surface area contributed by atoms with Gasteiger partial charge < -0.3 is 19.9 Å². The molecule has 5 nitrogen and oxygen atoms in total. The van der Waals surface area contributed by atoms with Crippen LogP contribution >= 0.6 is 11.6 Å². The summed E-state index contributed by atoms with van der Waals surface area (Å²) in [5, 5.41) is 12.3. The van der Waals surface area contributed by atoms with Crippen molar-refractivity contribution >= 4 is 17.5 Å². The Bertz CT molecular complexity index is 423. The van der Waals surface area contributed by atoms with Crippen molar-refractivity contribution < 1.29 is 19.4 Å². The van der Waals surface area contributed by atoms with Gasteiger partial charge in [-0.15, -0.1) is 11.6 Å². The van der Waals surface area contributed by atoms with Crippen molar-refractivity contribution in [3.05, 3.63) is 17.7 Å². The number of hydrogen-bond acceptors (Lipinski definition) is 4. The Morgan fingerprint density at radius 3 is 2.56 bits per heavy atom. The Labute approximate surface area is 111 Å². The number of nitrogens with one attached hydrogen (secondary N) is 1. The van der Waals surface area contributed by atoms with Crippen LogP contribution in [-0.2, 0) is 11.2 Å². The Morgan fingerprint density at radius 2 is 2.00 bits per heavy atom. The highest BCUT2D eigenvalue weighted by atomic mass is 35.5. The Morgan fingerprint density at radius 1 is 1.33 bits per heavy atom. The summed E-state index contributed by atoms with van der Waals surface area (Å²) in [4.78, 5) is 11.0. The van der Waals surface area contributed by atoms with Gasteiger partial charge in [0.25, 0.3) is 0 Å². The summed E-state index contributed by atoms with van der Waals surface area (Å²) in [6.07, 6.45) is 0.558. The van der Waals surface area contributed by atoms with E-state index in [9.17, 15) is 9.90 Å². The van der Waals surface area contributed by atoms with Crippen molar-refractivity contribution in [3.63, 3.8) is 0 Å². The summed E-state index contributed by atoms with van der Waals surface area (Å²) < 4.78 is 10.2. The number of halogens is 1. The molecule has 1 rings (SSSR count). The monoisotopic (exact) mass is 273 g/mol. The summed E-state index contributed by atoms with van der Waals surface area (Å²) in [7, 11) is 2.99. The standard InChI is InChI=1S/C12H16ClNO4/c1-17-10-6-9(15)11(18-2)5-8(10)3-4-14-12(16)7-13/h5-6,15H,3-4,7H2,1-2H3,(H,14,16). The Kier molecular flexibility index (Phi) is 5.58. The lowest BCUT2D eigenvalue weighted by molar-refractivity contribution is -0.118. The van der Waals surface area contributed by atoms with Crippen molar-refractivity contribution in [2.75, 3.05) is 26.6 Å². The van der Waals surface area contributed by atoms with E-state index in [0.29, 0.717) is 24.5 Å². The summed E-state index contributed by atoms with van der Waals surface area (Å²) in [6.45, 7) is 0.440. The molecule has 0 heterocycles. The molecule has 0 bridgehead atoms. The fourth-order valence-corrected chi connectivity index (χ4v) is 1.62. The van der Waals surface area contributed by atoms with E-state index in [1.807, 2.05) is 0 Å². The maximum absolute atomic E-state index is 11.0. The van der Waals surface area contributed by atoms with Crippen LogP contribution in [0.2, 0.25) is 0 Å². The van der Waals surface area contributed by atoms with E-state index < -0.39 is 0 Å². The lowest BCUT2D eigenvalue weighted by Gasteiger charge is -2.12. The first-order chi connectivity index (χ1) is 8.62. The highest BCUT2D eigenvalue weighted by molar-refractivity contribution is 6.27. The average molecular weight is 274 g/mol. The third kappa shape index (κ3) is 3.70. The number of carbonyl (C=O) groups is 1. The fraction of sp³-hybridized carbons (Fsp3) is 0.417. The second-order valence-corrected chi connectivity index (χ2v) is 3.84. The zero-order valence-electron chi connectivity index (χ0n) is 10.3. The number of amides is 1. The first-order valence-corrected chi connectivity index (χ1v) is 5.92. The molecule has 0 aliphatic carbocycles. The largest absolute Gasteiger partial charge is 0.504 e. The average Bonchev–Trinajstić information content (AvgIpc) is 2.39. The van der Waals surface area contributed by atoms with E-state index in [-0.39, 0.29) is 17.5 Å². The number of benzene rings is 1. The van der Waals surface area contributed by atoms with Crippen LogP contribution in [-0.4, -0.2) is 37.7 Å². The summed E-state index contributed by atoms with van der Waals surface area (Å²) >= 11 is 5.37. The van der Waals surface area contributed by atoms with Crippen molar-refractivity contribution in [3.8, 4) is 17.2 Å². The molecule has 1 amide bonds. The van der Waals surface area contributed by atoms with Crippen molar-refractivity contribution in [1.29, 1.82) is 0 Å². The maximum Gasteiger partial charge on any atom is 0.234 e. The number of phenolic OH excluding ortho intramolecular Hbond substituents is 1. The summed E-state index contributed by atoms with van der Waals surface area (Å²) in [5.74, 6) is 0.655. The van der Waals surface area contributed by atoms with Gasteiger partial charge in [0, 0.05) is 12.6 Å². The zero-order valence-corrected chi connectivity index (χ0v) is 11.1. The molecular formula is C12H16ClNO4. The van der Waals surface area contributed by atoms with Gasteiger partial charge in [-0.05, 0) is 18.1 Å². The number of methoxy groups -OCH3 is 2. The van der Waals surface area contributed by atoms with Gasteiger partial charge >= 0.3 is 0 Å². The van der Waals surface area contributed by atoms with Crippen LogP contribution in [0.3, 0.4) is 0 Å². The molecule has 2 N–H and O–H groups in total. The molecular weight excluding hydrogens is 258 g/mol. The smallest absolute Gasteiger partial charge is 0.234 e. The third-order valence-corrected chi connectivity index (χ3v) is 2.66. The predicted octanol–water partition coefficient (Wildman–Crippen LogP) is 1.31. The molecule has 0 aliphatic heterocycles. The van der Waals surface area contributed by atoms with Crippen LogP contribution in [0.1, 0.15) is 5.56 Å². The second kappa shape index (κ2) is 6.96. The molecule has 0 saturated heterocycles. The van der Waals surface area contributed by atoms with E-state index in [0.717, 1.165) is 5.56 Å². The number of carbonyl (C=O) groups excluding carboxylic acids is 1.